The van der Waals surface area contributed by atoms with Gasteiger partial charge < -0.3 is 10.4 Å². The van der Waals surface area contributed by atoms with E-state index in [1.807, 2.05) is 0 Å². The van der Waals surface area contributed by atoms with Gasteiger partial charge in [-0.2, -0.15) is 11.8 Å². The molecule has 0 radical (unpaired) electrons. The molecule has 1 aliphatic heterocycles. The number of rotatable bonds is 5. The van der Waals surface area contributed by atoms with E-state index in [4.69, 9.17) is 5.11 Å². The Kier molecular flexibility index (Phi) is 4.94. The fraction of sp³-hybridized carbons (Fsp3) is 0.800. The summed E-state index contributed by atoms with van der Waals surface area (Å²) in [5.41, 5.74) is 0. The second-order valence-corrected chi connectivity index (χ2v) is 5.03. The first kappa shape index (κ1) is 12.4. The van der Waals surface area contributed by atoms with Crippen molar-refractivity contribution >= 4 is 23.6 Å². The first-order valence-electron chi connectivity index (χ1n) is 5.19. The minimum atomic E-state index is -0.805. The smallest absolute Gasteiger partial charge is 0.306 e. The molecule has 0 bridgehead atoms. The van der Waals surface area contributed by atoms with Gasteiger partial charge in [0.1, 0.15) is 0 Å². The lowest BCUT2D eigenvalue weighted by molar-refractivity contribution is -0.141. The van der Waals surface area contributed by atoms with Crippen LogP contribution in [0, 0.1) is 11.8 Å². The molecule has 1 fully saturated rings. The van der Waals surface area contributed by atoms with Crippen LogP contribution < -0.4 is 5.32 Å². The summed E-state index contributed by atoms with van der Waals surface area (Å²) in [7, 11) is 0. The lowest BCUT2D eigenvalue weighted by Crippen LogP contribution is -2.32. The summed E-state index contributed by atoms with van der Waals surface area (Å²) < 4.78 is 0. The van der Waals surface area contributed by atoms with Gasteiger partial charge in [0.25, 0.3) is 0 Å². The van der Waals surface area contributed by atoms with Gasteiger partial charge in [-0.25, -0.2) is 0 Å². The van der Waals surface area contributed by atoms with Crippen LogP contribution >= 0.6 is 11.8 Å². The highest BCUT2D eigenvalue weighted by molar-refractivity contribution is 7.99. The van der Waals surface area contributed by atoms with E-state index in [9.17, 15) is 9.59 Å². The van der Waals surface area contributed by atoms with Crippen molar-refractivity contribution in [2.24, 2.45) is 11.8 Å². The van der Waals surface area contributed by atoms with E-state index in [1.54, 1.807) is 18.7 Å². The Bertz CT molecular complexity index is 239. The van der Waals surface area contributed by atoms with Crippen LogP contribution in [-0.2, 0) is 9.59 Å². The van der Waals surface area contributed by atoms with E-state index < -0.39 is 5.97 Å². The fourth-order valence-corrected chi connectivity index (χ4v) is 2.64. The van der Waals surface area contributed by atoms with Crippen molar-refractivity contribution in [1.82, 2.24) is 5.32 Å². The number of aliphatic carboxylic acids is 1. The number of hydrogen-bond donors (Lipinski definition) is 2. The molecule has 1 amide bonds. The zero-order valence-corrected chi connectivity index (χ0v) is 9.68. The minimum absolute atomic E-state index is 0.0811. The van der Waals surface area contributed by atoms with Gasteiger partial charge in [-0.1, -0.05) is 6.92 Å². The van der Waals surface area contributed by atoms with E-state index in [0.29, 0.717) is 13.0 Å². The Morgan fingerprint density at radius 2 is 2.33 bits per heavy atom. The number of nitrogens with one attached hydrogen (secondary N) is 1. The summed E-state index contributed by atoms with van der Waals surface area (Å²) in [6.07, 6.45) is 1.45. The number of carboxylic acids is 1. The molecule has 86 valence electrons. The van der Waals surface area contributed by atoms with Crippen molar-refractivity contribution in [3.8, 4) is 0 Å². The number of thioether (sulfide) groups is 1. The van der Waals surface area contributed by atoms with Crippen LogP contribution in [0.4, 0.5) is 0 Å². The maximum Gasteiger partial charge on any atom is 0.306 e. The minimum Gasteiger partial charge on any atom is -0.481 e. The topological polar surface area (TPSA) is 66.4 Å². The number of hydrogen-bond acceptors (Lipinski definition) is 3. The van der Waals surface area contributed by atoms with Crippen molar-refractivity contribution < 1.29 is 14.7 Å². The molecule has 1 heterocycles. The molecule has 1 aliphatic rings. The number of carbonyl (C=O) groups is 2. The predicted octanol–water partition coefficient (Wildman–Crippen LogP) is 0.967. The van der Waals surface area contributed by atoms with E-state index in [0.717, 1.165) is 17.9 Å². The van der Waals surface area contributed by atoms with Crippen molar-refractivity contribution in [1.29, 1.82) is 0 Å². The highest BCUT2D eigenvalue weighted by Gasteiger charge is 2.22. The Labute approximate surface area is 93.8 Å². The molecule has 15 heavy (non-hydrogen) atoms. The van der Waals surface area contributed by atoms with Gasteiger partial charge >= 0.3 is 5.97 Å². The van der Waals surface area contributed by atoms with Gasteiger partial charge in [-0.3, -0.25) is 9.59 Å². The third kappa shape index (κ3) is 4.11. The molecule has 0 aromatic carbocycles. The fourth-order valence-electron chi connectivity index (χ4n) is 1.42. The molecular formula is C10H17NO3S. The molecule has 0 aliphatic carbocycles. The molecule has 0 spiro atoms. The summed E-state index contributed by atoms with van der Waals surface area (Å²) in [5.74, 6) is 0.987. The lowest BCUT2D eigenvalue weighted by Gasteiger charge is -2.11. The SMILES string of the molecule is CC(CCNC(=O)C1CCSC1)C(=O)O. The van der Waals surface area contributed by atoms with Crippen LogP contribution in [0.5, 0.6) is 0 Å². The average Bonchev–Trinajstić information content (AvgIpc) is 2.70. The van der Waals surface area contributed by atoms with Crippen molar-refractivity contribution in [3.63, 3.8) is 0 Å². The Hall–Kier alpha value is -0.710. The third-order valence-corrected chi connectivity index (χ3v) is 3.76. The van der Waals surface area contributed by atoms with Gasteiger partial charge in [0.05, 0.1) is 5.92 Å². The first-order chi connectivity index (χ1) is 7.11. The van der Waals surface area contributed by atoms with Gasteiger partial charge in [0.2, 0.25) is 5.91 Å². The maximum absolute atomic E-state index is 11.5. The highest BCUT2D eigenvalue weighted by Crippen LogP contribution is 2.23. The van der Waals surface area contributed by atoms with Crippen LogP contribution in [-0.4, -0.2) is 35.0 Å². The molecule has 0 aromatic heterocycles. The summed E-state index contributed by atoms with van der Waals surface area (Å²) in [6, 6.07) is 0. The van der Waals surface area contributed by atoms with Gasteiger partial charge in [-0.05, 0) is 18.6 Å². The van der Waals surface area contributed by atoms with Gasteiger partial charge in [-0.15, -0.1) is 0 Å². The first-order valence-corrected chi connectivity index (χ1v) is 6.35. The molecule has 4 nitrogen and oxygen atoms in total. The monoisotopic (exact) mass is 231 g/mol. The summed E-state index contributed by atoms with van der Waals surface area (Å²) >= 11 is 1.80. The quantitative estimate of drug-likeness (QED) is 0.740. The number of amides is 1. The van der Waals surface area contributed by atoms with Crippen molar-refractivity contribution in [2.75, 3.05) is 18.1 Å². The maximum atomic E-state index is 11.5. The Balaban J connectivity index is 2.14. The zero-order valence-electron chi connectivity index (χ0n) is 8.86. The molecule has 5 heteroatoms. The highest BCUT2D eigenvalue weighted by atomic mass is 32.2. The molecule has 2 unspecified atom stereocenters. The molecule has 0 aromatic rings. The van der Waals surface area contributed by atoms with Crippen LogP contribution in [0.15, 0.2) is 0 Å². The van der Waals surface area contributed by atoms with E-state index in [1.165, 1.54) is 0 Å². The number of carbonyl (C=O) groups excluding carboxylic acids is 1. The normalized spacial score (nSPS) is 22.3. The van der Waals surface area contributed by atoms with Crippen LogP contribution in [0.1, 0.15) is 19.8 Å². The lowest BCUT2D eigenvalue weighted by atomic mass is 10.1. The molecule has 1 saturated heterocycles. The van der Waals surface area contributed by atoms with Crippen LogP contribution in [0.2, 0.25) is 0 Å². The predicted molar refractivity (Wildman–Crippen MR) is 59.9 cm³/mol. The van der Waals surface area contributed by atoms with Crippen molar-refractivity contribution in [3.05, 3.63) is 0 Å². The van der Waals surface area contributed by atoms with Crippen LogP contribution in [0.25, 0.3) is 0 Å². The van der Waals surface area contributed by atoms with E-state index in [-0.39, 0.29) is 17.7 Å². The van der Waals surface area contributed by atoms with Gasteiger partial charge in [0.15, 0.2) is 0 Å². The number of carboxylic acid groups (broad SMARTS) is 1. The molecule has 1 rings (SSSR count). The molecular weight excluding hydrogens is 214 g/mol. The Morgan fingerprint density at radius 3 is 2.87 bits per heavy atom. The van der Waals surface area contributed by atoms with Crippen LogP contribution in [0.3, 0.4) is 0 Å². The third-order valence-electron chi connectivity index (χ3n) is 2.60. The molecule has 2 N–H and O–H groups in total. The Morgan fingerprint density at radius 1 is 1.60 bits per heavy atom. The van der Waals surface area contributed by atoms with E-state index in [2.05, 4.69) is 5.32 Å². The largest absolute Gasteiger partial charge is 0.481 e. The average molecular weight is 231 g/mol. The van der Waals surface area contributed by atoms with Gasteiger partial charge in [0, 0.05) is 18.2 Å². The second kappa shape index (κ2) is 6.00. The molecule has 0 saturated carbocycles. The van der Waals surface area contributed by atoms with Crippen molar-refractivity contribution in [2.45, 2.75) is 19.8 Å². The molecule has 2 atom stereocenters. The summed E-state index contributed by atoms with van der Waals surface area (Å²) in [5, 5.41) is 11.4. The summed E-state index contributed by atoms with van der Waals surface area (Å²) in [6.45, 7) is 2.12. The summed E-state index contributed by atoms with van der Waals surface area (Å²) in [4.78, 5) is 22.0. The zero-order chi connectivity index (χ0) is 11.3. The van der Waals surface area contributed by atoms with E-state index >= 15 is 0 Å². The standard InChI is InChI=1S/C10H17NO3S/c1-7(10(13)14)2-4-11-9(12)8-3-5-15-6-8/h7-8H,2-6H2,1H3,(H,11,12)(H,13,14). The second-order valence-electron chi connectivity index (χ2n) is 3.88.